The van der Waals surface area contributed by atoms with Gasteiger partial charge in [-0.2, -0.15) is 0 Å². The highest BCUT2D eigenvalue weighted by Gasteiger charge is 2.46. The molecule has 0 aliphatic heterocycles. The molecule has 0 aromatic heterocycles. The molecule has 0 aromatic rings. The number of rotatable bonds is 7. The van der Waals surface area contributed by atoms with Crippen LogP contribution in [0.15, 0.2) is 0 Å². The maximum absolute atomic E-state index is 6.18. The van der Waals surface area contributed by atoms with Crippen LogP contribution in [0.3, 0.4) is 0 Å². The van der Waals surface area contributed by atoms with E-state index < -0.39 is 0 Å². The Balaban J connectivity index is 2.03. The Kier molecular flexibility index (Phi) is 4.48. The number of hydrogen-bond acceptors (Lipinski definition) is 2. The second-order valence-electron chi connectivity index (χ2n) is 6.22. The molecule has 0 amide bonds. The normalized spacial score (nSPS) is 33.5. The van der Waals surface area contributed by atoms with Crippen LogP contribution in [0.25, 0.3) is 0 Å². The van der Waals surface area contributed by atoms with Gasteiger partial charge in [0, 0.05) is 18.1 Å². The lowest BCUT2D eigenvalue weighted by molar-refractivity contribution is 0.0839. The Morgan fingerprint density at radius 2 is 2.00 bits per heavy atom. The molecule has 0 bridgehead atoms. The minimum absolute atomic E-state index is 0.372. The Hall–Kier alpha value is -0.0800. The first-order chi connectivity index (χ1) is 8.25. The summed E-state index contributed by atoms with van der Waals surface area (Å²) in [5.74, 6) is 0.932. The molecular weight excluding hydrogens is 208 g/mol. The zero-order valence-electron chi connectivity index (χ0n) is 11.8. The van der Waals surface area contributed by atoms with E-state index >= 15 is 0 Å². The van der Waals surface area contributed by atoms with Crippen molar-refractivity contribution >= 4 is 0 Å². The van der Waals surface area contributed by atoms with Crippen LogP contribution in [0.2, 0.25) is 0 Å². The summed E-state index contributed by atoms with van der Waals surface area (Å²) in [6.45, 7) is 6.80. The van der Waals surface area contributed by atoms with E-state index in [9.17, 15) is 0 Å². The molecule has 0 heterocycles. The number of unbranched alkanes of at least 4 members (excludes halogenated alkanes) is 1. The quantitative estimate of drug-likeness (QED) is 0.738. The lowest BCUT2D eigenvalue weighted by Gasteiger charge is -2.41. The van der Waals surface area contributed by atoms with Gasteiger partial charge in [0.25, 0.3) is 0 Å². The summed E-state index contributed by atoms with van der Waals surface area (Å²) in [5.41, 5.74) is 6.55. The summed E-state index contributed by atoms with van der Waals surface area (Å²) in [7, 11) is 0. The summed E-state index contributed by atoms with van der Waals surface area (Å²) in [6.07, 6.45) is 10.9. The molecule has 0 spiro atoms. The number of hydrogen-bond donors (Lipinski definition) is 1. The Morgan fingerprint density at radius 1 is 1.24 bits per heavy atom. The molecule has 2 rings (SSSR count). The lowest BCUT2D eigenvalue weighted by atomic mass is 9.92. The van der Waals surface area contributed by atoms with Gasteiger partial charge in [-0.1, -0.05) is 26.7 Å². The molecule has 0 aromatic carbocycles. The molecule has 0 radical (unpaired) electrons. The summed E-state index contributed by atoms with van der Waals surface area (Å²) < 4.78 is 0. The first-order valence-corrected chi connectivity index (χ1v) is 7.72. The van der Waals surface area contributed by atoms with Gasteiger partial charge in [-0.25, -0.2) is 0 Å². The predicted molar refractivity (Wildman–Crippen MR) is 74.1 cm³/mol. The van der Waals surface area contributed by atoms with E-state index in [-0.39, 0.29) is 0 Å². The fourth-order valence-corrected chi connectivity index (χ4v) is 3.65. The third kappa shape index (κ3) is 2.85. The van der Waals surface area contributed by atoms with Crippen molar-refractivity contribution in [2.75, 3.05) is 13.1 Å². The van der Waals surface area contributed by atoms with Crippen molar-refractivity contribution in [1.29, 1.82) is 0 Å². The van der Waals surface area contributed by atoms with Gasteiger partial charge < -0.3 is 5.73 Å². The molecule has 2 unspecified atom stereocenters. The maximum atomic E-state index is 6.18. The van der Waals surface area contributed by atoms with Crippen LogP contribution in [-0.2, 0) is 0 Å². The van der Waals surface area contributed by atoms with Crippen LogP contribution in [0.1, 0.15) is 65.2 Å². The smallest absolute Gasteiger partial charge is 0.0337 e. The van der Waals surface area contributed by atoms with Crippen LogP contribution in [0.4, 0.5) is 0 Å². The molecule has 17 heavy (non-hydrogen) atoms. The van der Waals surface area contributed by atoms with Gasteiger partial charge >= 0.3 is 0 Å². The topological polar surface area (TPSA) is 29.3 Å². The van der Waals surface area contributed by atoms with Gasteiger partial charge in [-0.3, -0.25) is 4.90 Å². The summed E-state index contributed by atoms with van der Waals surface area (Å²) in [6, 6.07) is 0.876. The first kappa shape index (κ1) is 13.4. The highest BCUT2D eigenvalue weighted by Crippen LogP contribution is 2.44. The SMILES string of the molecule is CCCCN(C1CC1)C1(CN)CCC(CC)C1. The maximum Gasteiger partial charge on any atom is 0.0337 e. The zero-order valence-corrected chi connectivity index (χ0v) is 11.8. The third-order valence-corrected chi connectivity index (χ3v) is 4.99. The average Bonchev–Trinajstić information content (AvgIpc) is 3.09. The van der Waals surface area contributed by atoms with Gasteiger partial charge in [-0.05, 0) is 51.0 Å². The molecule has 2 N–H and O–H groups in total. The minimum Gasteiger partial charge on any atom is -0.329 e. The zero-order chi connectivity index (χ0) is 12.3. The summed E-state index contributed by atoms with van der Waals surface area (Å²) in [5, 5.41) is 0. The minimum atomic E-state index is 0.372. The van der Waals surface area contributed by atoms with Crippen molar-refractivity contribution in [3.8, 4) is 0 Å². The van der Waals surface area contributed by atoms with Crippen LogP contribution in [0.5, 0.6) is 0 Å². The standard InChI is InChI=1S/C15H30N2/c1-3-5-10-17(14-6-7-14)15(12-16)9-8-13(4-2)11-15/h13-14H,3-12,16H2,1-2H3. The Morgan fingerprint density at radius 3 is 2.47 bits per heavy atom. The molecule has 2 aliphatic carbocycles. The van der Waals surface area contributed by atoms with E-state index in [4.69, 9.17) is 5.73 Å². The summed E-state index contributed by atoms with van der Waals surface area (Å²) >= 11 is 0. The highest BCUT2D eigenvalue weighted by molar-refractivity contribution is 5.03. The Labute approximate surface area is 107 Å². The molecule has 2 saturated carbocycles. The van der Waals surface area contributed by atoms with Crippen LogP contribution < -0.4 is 5.73 Å². The second kappa shape index (κ2) is 5.71. The second-order valence-corrected chi connectivity index (χ2v) is 6.22. The van der Waals surface area contributed by atoms with E-state index in [1.807, 2.05) is 0 Å². The van der Waals surface area contributed by atoms with Crippen LogP contribution >= 0.6 is 0 Å². The predicted octanol–water partition coefficient (Wildman–Crippen LogP) is 3.16. The van der Waals surface area contributed by atoms with Gasteiger partial charge in [0.15, 0.2) is 0 Å². The first-order valence-electron chi connectivity index (χ1n) is 7.72. The van der Waals surface area contributed by atoms with Crippen molar-refractivity contribution in [1.82, 2.24) is 4.90 Å². The third-order valence-electron chi connectivity index (χ3n) is 4.99. The van der Waals surface area contributed by atoms with Crippen LogP contribution in [0, 0.1) is 5.92 Å². The van der Waals surface area contributed by atoms with E-state index in [2.05, 4.69) is 18.7 Å². The molecule has 2 heteroatoms. The largest absolute Gasteiger partial charge is 0.329 e. The highest BCUT2D eigenvalue weighted by atomic mass is 15.3. The van der Waals surface area contributed by atoms with Crippen molar-refractivity contribution in [3.05, 3.63) is 0 Å². The Bertz CT molecular complexity index is 237. The van der Waals surface area contributed by atoms with Crippen molar-refractivity contribution in [2.45, 2.75) is 76.8 Å². The molecule has 2 nitrogen and oxygen atoms in total. The molecule has 2 atom stereocenters. The lowest BCUT2D eigenvalue weighted by Crippen LogP contribution is -2.53. The van der Waals surface area contributed by atoms with E-state index in [0.29, 0.717) is 5.54 Å². The summed E-state index contributed by atoms with van der Waals surface area (Å²) in [4.78, 5) is 2.81. The fourth-order valence-electron chi connectivity index (χ4n) is 3.65. The number of nitrogens with two attached hydrogens (primary N) is 1. The van der Waals surface area contributed by atoms with Gasteiger partial charge in [0.1, 0.15) is 0 Å². The van der Waals surface area contributed by atoms with E-state index in [1.165, 1.54) is 57.9 Å². The van der Waals surface area contributed by atoms with Gasteiger partial charge in [-0.15, -0.1) is 0 Å². The van der Waals surface area contributed by atoms with Crippen molar-refractivity contribution in [3.63, 3.8) is 0 Å². The molecule has 2 fully saturated rings. The van der Waals surface area contributed by atoms with E-state index in [1.54, 1.807) is 0 Å². The van der Waals surface area contributed by atoms with Crippen LogP contribution in [-0.4, -0.2) is 29.6 Å². The average molecular weight is 238 g/mol. The fraction of sp³-hybridized carbons (Fsp3) is 1.00. The number of nitrogens with zero attached hydrogens (tertiary/aromatic N) is 1. The van der Waals surface area contributed by atoms with Gasteiger partial charge in [0.2, 0.25) is 0 Å². The molecule has 0 saturated heterocycles. The van der Waals surface area contributed by atoms with Crippen molar-refractivity contribution in [2.24, 2.45) is 11.7 Å². The van der Waals surface area contributed by atoms with E-state index in [0.717, 1.165) is 18.5 Å². The van der Waals surface area contributed by atoms with Crippen molar-refractivity contribution < 1.29 is 0 Å². The van der Waals surface area contributed by atoms with Gasteiger partial charge in [0.05, 0.1) is 0 Å². The molecular formula is C15H30N2. The molecule has 2 aliphatic rings. The monoisotopic (exact) mass is 238 g/mol. The molecule has 100 valence electrons.